The number of imidazole rings is 1. The van der Waals surface area contributed by atoms with Gasteiger partial charge in [-0.05, 0) is 32.9 Å². The van der Waals surface area contributed by atoms with E-state index in [1.807, 2.05) is 52.1 Å². The number of carbonyl (C=O) groups excluding carboxylic acids is 1. The van der Waals surface area contributed by atoms with Gasteiger partial charge >= 0.3 is 6.09 Å². The van der Waals surface area contributed by atoms with E-state index in [1.54, 1.807) is 4.90 Å². The summed E-state index contributed by atoms with van der Waals surface area (Å²) in [5.41, 5.74) is 2.46. The van der Waals surface area contributed by atoms with Crippen LogP contribution in [-0.2, 0) is 24.8 Å². The second-order valence-corrected chi connectivity index (χ2v) is 7.43. The molecule has 1 amide bonds. The van der Waals surface area contributed by atoms with Crippen LogP contribution in [0.15, 0.2) is 24.3 Å². The molecular formula is C18H22ClN3O2. The van der Waals surface area contributed by atoms with Gasteiger partial charge in [0.2, 0.25) is 0 Å². The average Bonchev–Trinajstić information content (AvgIpc) is 2.82. The Kier molecular flexibility index (Phi) is 4.30. The fraction of sp³-hybridized carbons (Fsp3) is 0.444. The van der Waals surface area contributed by atoms with Gasteiger partial charge in [-0.15, -0.1) is 0 Å². The molecule has 0 saturated heterocycles. The van der Waals surface area contributed by atoms with Gasteiger partial charge in [-0.3, -0.25) is 0 Å². The largest absolute Gasteiger partial charge is 0.444 e. The number of nitrogens with zero attached hydrogens (tertiary/aromatic N) is 3. The summed E-state index contributed by atoms with van der Waals surface area (Å²) >= 11 is 6.31. The van der Waals surface area contributed by atoms with E-state index in [9.17, 15) is 4.79 Å². The van der Waals surface area contributed by atoms with Crippen LogP contribution in [0.5, 0.6) is 0 Å². The van der Waals surface area contributed by atoms with Crippen molar-refractivity contribution < 1.29 is 9.53 Å². The fourth-order valence-corrected chi connectivity index (χ4v) is 3.11. The van der Waals surface area contributed by atoms with E-state index in [4.69, 9.17) is 21.3 Å². The SMILES string of the molecule is Cn1c(-c2ccccc2Cl)nc2c1CCN(C(=O)OC(C)(C)C)C2. The van der Waals surface area contributed by atoms with Gasteiger partial charge in [0.1, 0.15) is 11.4 Å². The standard InChI is InChI=1S/C18H22ClN3O2/c1-18(2,3)24-17(23)22-10-9-15-14(11-22)20-16(21(15)4)12-7-5-6-8-13(12)19/h5-8H,9-11H2,1-4H3. The number of rotatable bonds is 1. The zero-order chi connectivity index (χ0) is 17.5. The molecule has 0 unspecified atom stereocenters. The number of halogens is 1. The molecule has 1 aromatic carbocycles. The Morgan fingerprint density at radius 1 is 1.29 bits per heavy atom. The van der Waals surface area contributed by atoms with E-state index in [0.717, 1.165) is 29.2 Å². The average molecular weight is 348 g/mol. The Morgan fingerprint density at radius 3 is 2.67 bits per heavy atom. The molecule has 6 heteroatoms. The molecule has 0 spiro atoms. The van der Waals surface area contributed by atoms with Crippen LogP contribution >= 0.6 is 11.6 Å². The first-order valence-electron chi connectivity index (χ1n) is 8.03. The Morgan fingerprint density at radius 2 is 2.00 bits per heavy atom. The minimum Gasteiger partial charge on any atom is -0.444 e. The van der Waals surface area contributed by atoms with Crippen LogP contribution in [0.1, 0.15) is 32.2 Å². The second kappa shape index (κ2) is 6.13. The third-order valence-electron chi connectivity index (χ3n) is 4.02. The van der Waals surface area contributed by atoms with Gasteiger partial charge in [-0.25, -0.2) is 9.78 Å². The third-order valence-corrected chi connectivity index (χ3v) is 4.35. The van der Waals surface area contributed by atoms with Crippen LogP contribution in [0.4, 0.5) is 4.79 Å². The van der Waals surface area contributed by atoms with E-state index < -0.39 is 5.60 Å². The molecule has 2 heterocycles. The summed E-state index contributed by atoms with van der Waals surface area (Å²) in [5.74, 6) is 0.830. The molecular weight excluding hydrogens is 326 g/mol. The van der Waals surface area contributed by atoms with Gasteiger partial charge in [0.25, 0.3) is 0 Å². The zero-order valence-corrected chi connectivity index (χ0v) is 15.2. The number of benzene rings is 1. The molecule has 128 valence electrons. The van der Waals surface area contributed by atoms with Gasteiger partial charge in [0.05, 0.1) is 17.3 Å². The van der Waals surface area contributed by atoms with Crippen molar-refractivity contribution in [2.75, 3.05) is 6.54 Å². The Balaban J connectivity index is 1.87. The van der Waals surface area contributed by atoms with Crippen molar-refractivity contribution in [2.24, 2.45) is 7.05 Å². The molecule has 0 aliphatic carbocycles. The van der Waals surface area contributed by atoms with Gasteiger partial charge in [-0.2, -0.15) is 0 Å². The first-order valence-corrected chi connectivity index (χ1v) is 8.41. The minimum absolute atomic E-state index is 0.293. The number of amides is 1. The summed E-state index contributed by atoms with van der Waals surface area (Å²) in [6, 6.07) is 7.67. The predicted octanol–water partition coefficient (Wildman–Crippen LogP) is 4.03. The number of hydrogen-bond donors (Lipinski definition) is 0. The number of aromatic nitrogens is 2. The van der Waals surface area contributed by atoms with E-state index in [-0.39, 0.29) is 6.09 Å². The van der Waals surface area contributed by atoms with Crippen LogP contribution in [-0.4, -0.2) is 32.7 Å². The van der Waals surface area contributed by atoms with Crippen molar-refractivity contribution >= 4 is 17.7 Å². The molecule has 1 aliphatic rings. The molecule has 3 rings (SSSR count). The fourth-order valence-electron chi connectivity index (χ4n) is 2.89. The lowest BCUT2D eigenvalue weighted by molar-refractivity contribution is 0.0220. The highest BCUT2D eigenvalue weighted by molar-refractivity contribution is 6.33. The summed E-state index contributed by atoms with van der Waals surface area (Å²) in [5, 5.41) is 0.673. The van der Waals surface area contributed by atoms with Crippen molar-refractivity contribution in [2.45, 2.75) is 39.3 Å². The molecule has 0 radical (unpaired) electrons. The Bertz CT molecular complexity index is 777. The van der Waals surface area contributed by atoms with Crippen molar-refractivity contribution in [3.63, 3.8) is 0 Å². The molecule has 0 saturated carbocycles. The third kappa shape index (κ3) is 3.26. The topological polar surface area (TPSA) is 47.4 Å². The molecule has 0 N–H and O–H groups in total. The lowest BCUT2D eigenvalue weighted by Gasteiger charge is -2.29. The van der Waals surface area contributed by atoms with Crippen molar-refractivity contribution in [1.29, 1.82) is 0 Å². The maximum absolute atomic E-state index is 12.3. The number of fused-ring (bicyclic) bond motifs is 1. The smallest absolute Gasteiger partial charge is 0.410 e. The predicted molar refractivity (Wildman–Crippen MR) is 94.0 cm³/mol. The Labute approximate surface area is 147 Å². The lowest BCUT2D eigenvalue weighted by Crippen LogP contribution is -2.40. The molecule has 0 bridgehead atoms. The first-order chi connectivity index (χ1) is 11.3. The molecule has 0 atom stereocenters. The van der Waals surface area contributed by atoms with Gasteiger partial charge in [-0.1, -0.05) is 23.7 Å². The maximum atomic E-state index is 12.3. The summed E-state index contributed by atoms with van der Waals surface area (Å²) in [4.78, 5) is 18.7. The van der Waals surface area contributed by atoms with Crippen LogP contribution in [0, 0.1) is 0 Å². The summed E-state index contributed by atoms with van der Waals surface area (Å²) in [6.45, 7) is 6.70. The minimum atomic E-state index is -0.496. The zero-order valence-electron chi connectivity index (χ0n) is 14.5. The van der Waals surface area contributed by atoms with Crippen LogP contribution < -0.4 is 0 Å². The summed E-state index contributed by atoms with van der Waals surface area (Å²) < 4.78 is 7.54. The number of hydrogen-bond acceptors (Lipinski definition) is 3. The highest BCUT2D eigenvalue weighted by Gasteiger charge is 2.29. The molecule has 1 aromatic heterocycles. The normalized spacial score (nSPS) is 14.5. The molecule has 2 aromatic rings. The molecule has 5 nitrogen and oxygen atoms in total. The van der Waals surface area contributed by atoms with Gasteiger partial charge in [0.15, 0.2) is 0 Å². The van der Waals surface area contributed by atoms with Crippen molar-refractivity contribution in [3.8, 4) is 11.4 Å². The highest BCUT2D eigenvalue weighted by atomic mass is 35.5. The lowest BCUT2D eigenvalue weighted by atomic mass is 10.1. The van der Waals surface area contributed by atoms with Crippen LogP contribution in [0.3, 0.4) is 0 Å². The van der Waals surface area contributed by atoms with Gasteiger partial charge in [0, 0.05) is 31.3 Å². The van der Waals surface area contributed by atoms with Crippen LogP contribution in [0.25, 0.3) is 11.4 Å². The van der Waals surface area contributed by atoms with E-state index in [2.05, 4.69) is 4.57 Å². The van der Waals surface area contributed by atoms with Crippen LogP contribution in [0.2, 0.25) is 5.02 Å². The van der Waals surface area contributed by atoms with E-state index in [0.29, 0.717) is 18.1 Å². The van der Waals surface area contributed by atoms with Crippen molar-refractivity contribution in [3.05, 3.63) is 40.7 Å². The second-order valence-electron chi connectivity index (χ2n) is 7.02. The maximum Gasteiger partial charge on any atom is 0.410 e. The number of carbonyl (C=O) groups is 1. The van der Waals surface area contributed by atoms with E-state index >= 15 is 0 Å². The number of ether oxygens (including phenoxy) is 1. The molecule has 1 aliphatic heterocycles. The molecule has 24 heavy (non-hydrogen) atoms. The Hall–Kier alpha value is -2.01. The first kappa shape index (κ1) is 16.8. The van der Waals surface area contributed by atoms with E-state index in [1.165, 1.54) is 0 Å². The highest BCUT2D eigenvalue weighted by Crippen LogP contribution is 2.30. The quantitative estimate of drug-likeness (QED) is 0.782. The van der Waals surface area contributed by atoms with Crippen molar-refractivity contribution in [1.82, 2.24) is 14.5 Å². The summed E-state index contributed by atoms with van der Waals surface area (Å²) in [7, 11) is 1.99. The van der Waals surface area contributed by atoms with Gasteiger partial charge < -0.3 is 14.2 Å². The molecule has 0 fully saturated rings. The monoisotopic (exact) mass is 347 g/mol. The summed E-state index contributed by atoms with van der Waals surface area (Å²) in [6.07, 6.45) is 0.459.